The van der Waals surface area contributed by atoms with Gasteiger partial charge in [-0.25, -0.2) is 0 Å². The van der Waals surface area contributed by atoms with E-state index in [9.17, 15) is 0 Å². The number of nitrogens with zero attached hydrogens (tertiary/aromatic N) is 1. The Labute approximate surface area is 118 Å². The van der Waals surface area contributed by atoms with Gasteiger partial charge in [-0.2, -0.15) is 5.10 Å². The van der Waals surface area contributed by atoms with E-state index in [1.54, 1.807) is 6.21 Å². The van der Waals surface area contributed by atoms with Crippen LogP contribution in [0.15, 0.2) is 47.6 Å². The van der Waals surface area contributed by atoms with Gasteiger partial charge < -0.3 is 5.32 Å². The lowest BCUT2D eigenvalue weighted by Crippen LogP contribution is -2.42. The Morgan fingerprint density at radius 1 is 1.21 bits per heavy atom. The van der Waals surface area contributed by atoms with Crippen LogP contribution in [0, 0.1) is 11.8 Å². The minimum absolute atomic E-state index is 0.474. The molecule has 0 saturated heterocycles. The Hall–Kier alpha value is -1.68. The van der Waals surface area contributed by atoms with Crippen LogP contribution in [-0.4, -0.2) is 17.4 Å². The second-order valence-electron chi connectivity index (χ2n) is 5.14. The van der Waals surface area contributed by atoms with E-state index < -0.39 is 0 Å². The number of nitrogens with one attached hydrogen (secondary N) is 2. The van der Waals surface area contributed by atoms with Gasteiger partial charge in [0.25, 0.3) is 0 Å². The molecule has 0 radical (unpaired) electrons. The molecule has 1 fully saturated rings. The van der Waals surface area contributed by atoms with Crippen LogP contribution in [0.1, 0.15) is 18.4 Å². The monoisotopic (exact) mass is 271 g/mol. The zero-order valence-electron chi connectivity index (χ0n) is 10.6. The summed E-state index contributed by atoms with van der Waals surface area (Å²) in [6, 6.07) is 10.4. The second-order valence-corrected chi connectivity index (χ2v) is 5.55. The number of benzene rings is 1. The number of thiocarbonyl (C=S) groups is 1. The first-order valence-electron chi connectivity index (χ1n) is 6.64. The molecule has 0 spiro atoms. The van der Waals surface area contributed by atoms with E-state index in [1.807, 2.05) is 30.3 Å². The van der Waals surface area contributed by atoms with Gasteiger partial charge in [0.05, 0.1) is 6.21 Å². The van der Waals surface area contributed by atoms with E-state index in [1.165, 1.54) is 12.8 Å². The summed E-state index contributed by atoms with van der Waals surface area (Å²) in [6.45, 7) is 0. The average Bonchev–Trinajstić information content (AvgIpc) is 3.02. The van der Waals surface area contributed by atoms with E-state index in [0.717, 1.165) is 11.5 Å². The van der Waals surface area contributed by atoms with E-state index >= 15 is 0 Å². The predicted molar refractivity (Wildman–Crippen MR) is 82.0 cm³/mol. The zero-order valence-corrected chi connectivity index (χ0v) is 11.4. The molecule has 2 aliphatic rings. The quantitative estimate of drug-likeness (QED) is 0.384. The van der Waals surface area contributed by atoms with Crippen molar-refractivity contribution in [2.75, 3.05) is 0 Å². The van der Waals surface area contributed by atoms with Gasteiger partial charge in [0.15, 0.2) is 5.11 Å². The molecule has 3 rings (SSSR count). The molecule has 4 heteroatoms. The second kappa shape index (κ2) is 5.53. The van der Waals surface area contributed by atoms with Crippen molar-refractivity contribution >= 4 is 23.5 Å². The third-order valence-electron chi connectivity index (χ3n) is 3.77. The summed E-state index contributed by atoms with van der Waals surface area (Å²) in [5.41, 5.74) is 3.94. The first-order chi connectivity index (χ1) is 9.31. The fourth-order valence-electron chi connectivity index (χ4n) is 2.85. The van der Waals surface area contributed by atoms with E-state index in [-0.39, 0.29) is 0 Å². The van der Waals surface area contributed by atoms with Crippen LogP contribution in [0.4, 0.5) is 0 Å². The van der Waals surface area contributed by atoms with Crippen LogP contribution in [0.5, 0.6) is 0 Å². The van der Waals surface area contributed by atoms with Gasteiger partial charge in [0.1, 0.15) is 0 Å². The van der Waals surface area contributed by atoms with Gasteiger partial charge >= 0.3 is 0 Å². The van der Waals surface area contributed by atoms with Gasteiger partial charge in [-0.05, 0) is 42.5 Å². The Morgan fingerprint density at radius 2 is 2.05 bits per heavy atom. The molecule has 2 aliphatic carbocycles. The molecule has 0 heterocycles. The molecule has 2 bridgehead atoms. The molecule has 1 aromatic rings. The third-order valence-corrected chi connectivity index (χ3v) is 3.98. The molecular weight excluding hydrogens is 254 g/mol. The van der Waals surface area contributed by atoms with Crippen LogP contribution in [-0.2, 0) is 0 Å². The first kappa shape index (κ1) is 12.4. The third kappa shape index (κ3) is 3.01. The fourth-order valence-corrected chi connectivity index (χ4v) is 3.06. The molecular formula is C15H17N3S. The lowest BCUT2D eigenvalue weighted by molar-refractivity contribution is 0.521. The number of hydrazone groups is 1. The minimum Gasteiger partial charge on any atom is -0.358 e. The summed E-state index contributed by atoms with van der Waals surface area (Å²) in [6.07, 6.45) is 8.86. The summed E-state index contributed by atoms with van der Waals surface area (Å²) >= 11 is 5.26. The van der Waals surface area contributed by atoms with E-state index in [2.05, 4.69) is 28.0 Å². The van der Waals surface area contributed by atoms with Gasteiger partial charge in [-0.3, -0.25) is 5.43 Å². The van der Waals surface area contributed by atoms with Crippen LogP contribution < -0.4 is 10.7 Å². The lowest BCUT2D eigenvalue weighted by Gasteiger charge is -2.20. The summed E-state index contributed by atoms with van der Waals surface area (Å²) in [7, 11) is 0. The van der Waals surface area contributed by atoms with Crippen molar-refractivity contribution in [1.82, 2.24) is 10.7 Å². The molecule has 3 atom stereocenters. The van der Waals surface area contributed by atoms with Crippen molar-refractivity contribution in [2.45, 2.75) is 18.9 Å². The van der Waals surface area contributed by atoms with E-state index in [4.69, 9.17) is 12.2 Å². The Kier molecular flexibility index (Phi) is 3.60. The highest BCUT2D eigenvalue weighted by Crippen LogP contribution is 2.38. The van der Waals surface area contributed by atoms with Gasteiger partial charge in [-0.1, -0.05) is 42.5 Å². The topological polar surface area (TPSA) is 36.4 Å². The number of hydrogen-bond acceptors (Lipinski definition) is 2. The van der Waals surface area contributed by atoms with Crippen LogP contribution in [0.2, 0.25) is 0 Å². The summed E-state index contributed by atoms with van der Waals surface area (Å²) < 4.78 is 0. The summed E-state index contributed by atoms with van der Waals surface area (Å²) in [4.78, 5) is 0. The maximum absolute atomic E-state index is 5.26. The van der Waals surface area contributed by atoms with Crippen molar-refractivity contribution in [3.63, 3.8) is 0 Å². The minimum atomic E-state index is 0.474. The van der Waals surface area contributed by atoms with E-state index in [0.29, 0.717) is 17.1 Å². The highest BCUT2D eigenvalue weighted by atomic mass is 32.1. The Morgan fingerprint density at radius 3 is 2.74 bits per heavy atom. The van der Waals surface area contributed by atoms with Crippen molar-refractivity contribution in [2.24, 2.45) is 16.9 Å². The van der Waals surface area contributed by atoms with Crippen LogP contribution in [0.3, 0.4) is 0 Å². The first-order valence-corrected chi connectivity index (χ1v) is 7.05. The molecule has 19 heavy (non-hydrogen) atoms. The molecule has 2 N–H and O–H groups in total. The highest BCUT2D eigenvalue weighted by molar-refractivity contribution is 7.80. The predicted octanol–water partition coefficient (Wildman–Crippen LogP) is 2.45. The molecule has 1 saturated carbocycles. The molecule has 98 valence electrons. The smallest absolute Gasteiger partial charge is 0.187 e. The van der Waals surface area contributed by atoms with Gasteiger partial charge in [-0.15, -0.1) is 0 Å². The molecule has 0 aliphatic heterocycles. The van der Waals surface area contributed by atoms with Crippen molar-refractivity contribution in [1.29, 1.82) is 0 Å². The number of allylic oxidation sites excluding steroid dienone is 1. The Balaban J connectivity index is 1.47. The molecule has 0 amide bonds. The van der Waals surface area contributed by atoms with Crippen LogP contribution >= 0.6 is 12.2 Å². The fraction of sp³-hybridized carbons (Fsp3) is 0.333. The lowest BCUT2D eigenvalue weighted by atomic mass is 10.0. The largest absolute Gasteiger partial charge is 0.358 e. The molecule has 3 unspecified atom stereocenters. The normalized spacial score (nSPS) is 27.9. The molecule has 0 aromatic heterocycles. The summed E-state index contributed by atoms with van der Waals surface area (Å²) in [5, 5.41) is 8.11. The van der Waals surface area contributed by atoms with Gasteiger partial charge in [0, 0.05) is 6.04 Å². The maximum atomic E-state index is 5.26. The Bertz CT molecular complexity index is 509. The summed E-state index contributed by atoms with van der Waals surface area (Å²) in [5.74, 6) is 1.39. The van der Waals surface area contributed by atoms with Crippen LogP contribution in [0.25, 0.3) is 0 Å². The standard InChI is InChI=1S/C15H17N3S/c19-15(17-14-9-12-6-7-13(14)8-12)18-16-10-11-4-2-1-3-5-11/h1-7,10,12-14H,8-9H2,(H2,17,18,19)/b16-10+. The molecule has 1 aromatic carbocycles. The SMILES string of the molecule is S=C(N/N=C/c1ccccc1)NC1CC2C=CC1C2. The molecule has 3 nitrogen and oxygen atoms in total. The average molecular weight is 271 g/mol. The van der Waals surface area contributed by atoms with Gasteiger partial charge in [0.2, 0.25) is 0 Å². The highest BCUT2D eigenvalue weighted by Gasteiger charge is 2.35. The number of rotatable bonds is 3. The van der Waals surface area contributed by atoms with Crippen molar-refractivity contribution in [3.8, 4) is 0 Å². The number of fused-ring (bicyclic) bond motifs is 2. The maximum Gasteiger partial charge on any atom is 0.187 e. The van der Waals surface area contributed by atoms with Crippen molar-refractivity contribution in [3.05, 3.63) is 48.0 Å². The zero-order chi connectivity index (χ0) is 13.1. The van der Waals surface area contributed by atoms with Crippen molar-refractivity contribution < 1.29 is 0 Å². The number of hydrogen-bond donors (Lipinski definition) is 2.